The van der Waals surface area contributed by atoms with E-state index in [4.69, 9.17) is 4.74 Å². The van der Waals surface area contributed by atoms with Gasteiger partial charge in [0.15, 0.2) is 0 Å². The molecule has 3 aromatic carbocycles. The normalized spacial score (nSPS) is 12.2. The average molecular weight is 613 g/mol. The number of alkyl halides is 3. The minimum absolute atomic E-state index is 0.00393. The number of para-hydroxylation sites is 1. The van der Waals surface area contributed by atoms with Crippen LogP contribution in [0.2, 0.25) is 0 Å². The van der Waals surface area contributed by atoms with E-state index in [1.807, 2.05) is 30.3 Å². The molecule has 1 N–H and O–H groups in total. The molecule has 1 heterocycles. The van der Waals surface area contributed by atoms with Gasteiger partial charge in [0.1, 0.15) is 5.75 Å². The summed E-state index contributed by atoms with van der Waals surface area (Å²) in [5, 5.41) is 3.97. The third kappa shape index (κ3) is 7.51. The van der Waals surface area contributed by atoms with Gasteiger partial charge in [-0.25, -0.2) is 13.8 Å². The molecule has 43 heavy (non-hydrogen) atoms. The van der Waals surface area contributed by atoms with Gasteiger partial charge >= 0.3 is 6.18 Å². The van der Waals surface area contributed by atoms with Crippen molar-refractivity contribution >= 4 is 22.1 Å². The number of hydrogen-bond acceptors (Lipinski definition) is 5. The molecular weight excluding hydrogens is 581 g/mol. The molecule has 0 aliphatic heterocycles. The maximum Gasteiger partial charge on any atom is 0.418 e. The fourth-order valence-electron chi connectivity index (χ4n) is 4.65. The van der Waals surface area contributed by atoms with Crippen LogP contribution in [0.1, 0.15) is 28.1 Å². The zero-order valence-electron chi connectivity index (χ0n) is 23.8. The highest BCUT2D eigenvalue weighted by Gasteiger charge is 2.34. The second kappa shape index (κ2) is 13.3. The van der Waals surface area contributed by atoms with Gasteiger partial charge < -0.3 is 9.30 Å². The molecule has 0 saturated heterocycles. The van der Waals surface area contributed by atoms with Crippen molar-refractivity contribution in [1.82, 2.24) is 14.3 Å². The van der Waals surface area contributed by atoms with Crippen LogP contribution in [-0.4, -0.2) is 49.6 Å². The zero-order chi connectivity index (χ0) is 31.2. The summed E-state index contributed by atoms with van der Waals surface area (Å²) >= 11 is 0. The molecule has 226 valence electrons. The van der Waals surface area contributed by atoms with Gasteiger partial charge in [-0.15, -0.1) is 0 Å². The Morgan fingerprint density at radius 3 is 2.30 bits per heavy atom. The first-order valence-electron chi connectivity index (χ1n) is 13.3. The van der Waals surface area contributed by atoms with Crippen molar-refractivity contribution in [1.29, 1.82) is 0 Å². The summed E-state index contributed by atoms with van der Waals surface area (Å²) < 4.78 is 75.5. The summed E-state index contributed by atoms with van der Waals surface area (Å²) in [5.41, 5.74) is 3.97. The van der Waals surface area contributed by atoms with Crippen molar-refractivity contribution in [2.75, 3.05) is 20.2 Å². The zero-order valence-corrected chi connectivity index (χ0v) is 24.6. The number of hydrazone groups is 1. The van der Waals surface area contributed by atoms with Crippen LogP contribution in [-0.2, 0) is 27.4 Å². The minimum atomic E-state index is -4.54. The van der Waals surface area contributed by atoms with Gasteiger partial charge in [-0.2, -0.15) is 22.6 Å². The number of rotatable bonds is 11. The minimum Gasteiger partial charge on any atom is -0.497 e. The molecule has 0 fully saturated rings. The molecule has 0 unspecified atom stereocenters. The van der Waals surface area contributed by atoms with Crippen molar-refractivity contribution in [3.05, 3.63) is 113 Å². The van der Waals surface area contributed by atoms with E-state index in [1.165, 1.54) is 60.4 Å². The molecule has 12 heteroatoms. The van der Waals surface area contributed by atoms with Crippen molar-refractivity contribution in [2.24, 2.45) is 5.10 Å². The molecule has 4 aromatic rings. The number of amides is 1. The van der Waals surface area contributed by atoms with Crippen LogP contribution in [0.25, 0.3) is 5.69 Å². The Morgan fingerprint density at radius 1 is 1.00 bits per heavy atom. The lowest BCUT2D eigenvalue weighted by molar-refractivity contribution is -0.137. The summed E-state index contributed by atoms with van der Waals surface area (Å²) in [6, 6.07) is 22.1. The van der Waals surface area contributed by atoms with Gasteiger partial charge in [0.05, 0.1) is 36.0 Å². The number of ether oxygens (including phenoxy) is 1. The molecule has 0 radical (unpaired) electrons. The highest BCUT2D eigenvalue weighted by Crippen LogP contribution is 2.35. The van der Waals surface area contributed by atoms with E-state index >= 15 is 0 Å². The van der Waals surface area contributed by atoms with Crippen LogP contribution in [0.3, 0.4) is 0 Å². The number of aryl methyl sites for hydroxylation is 1. The summed E-state index contributed by atoms with van der Waals surface area (Å²) in [6.45, 7) is 2.85. The predicted molar refractivity (Wildman–Crippen MR) is 158 cm³/mol. The van der Waals surface area contributed by atoms with E-state index in [-0.39, 0.29) is 17.1 Å². The number of nitrogens with zero attached hydrogens (tertiary/aromatic N) is 3. The predicted octanol–water partition coefficient (Wildman–Crippen LogP) is 5.51. The van der Waals surface area contributed by atoms with Gasteiger partial charge in [-0.3, -0.25) is 4.79 Å². The van der Waals surface area contributed by atoms with Gasteiger partial charge in [-0.05, 0) is 68.3 Å². The Kier molecular flexibility index (Phi) is 9.72. The van der Waals surface area contributed by atoms with E-state index in [0.29, 0.717) is 29.1 Å². The first-order valence-corrected chi connectivity index (χ1v) is 14.7. The maximum atomic E-state index is 13.6. The van der Waals surface area contributed by atoms with E-state index in [2.05, 4.69) is 10.5 Å². The van der Waals surface area contributed by atoms with Gasteiger partial charge in [-0.1, -0.05) is 42.5 Å². The number of nitrogens with one attached hydrogen (secondary N) is 1. The van der Waals surface area contributed by atoms with E-state index in [1.54, 1.807) is 19.9 Å². The molecular formula is C31H31F3N4O4S. The Bertz CT molecular complexity index is 1700. The fourth-order valence-corrected chi connectivity index (χ4v) is 6.04. The van der Waals surface area contributed by atoms with E-state index in [0.717, 1.165) is 15.9 Å². The van der Waals surface area contributed by atoms with Gasteiger partial charge in [0.2, 0.25) is 10.0 Å². The lowest BCUT2D eigenvalue weighted by Gasteiger charge is -2.21. The lowest BCUT2D eigenvalue weighted by Crippen LogP contribution is -2.40. The second-order valence-electron chi connectivity index (χ2n) is 9.72. The van der Waals surface area contributed by atoms with Crippen LogP contribution in [0.15, 0.2) is 94.9 Å². The van der Waals surface area contributed by atoms with Crippen LogP contribution in [0.5, 0.6) is 5.75 Å². The Labute approximate surface area is 248 Å². The fraction of sp³-hybridized carbons (Fsp3) is 0.226. The van der Waals surface area contributed by atoms with Crippen molar-refractivity contribution in [3.63, 3.8) is 0 Å². The highest BCUT2D eigenvalue weighted by molar-refractivity contribution is 7.89. The van der Waals surface area contributed by atoms with E-state index < -0.39 is 34.2 Å². The molecule has 0 atom stereocenters. The third-order valence-electron chi connectivity index (χ3n) is 6.82. The molecule has 0 saturated carbocycles. The molecule has 0 bridgehead atoms. The summed E-state index contributed by atoms with van der Waals surface area (Å²) in [4.78, 5) is 12.9. The summed E-state index contributed by atoms with van der Waals surface area (Å²) in [5.74, 6) is -0.194. The lowest BCUT2D eigenvalue weighted by atomic mass is 10.1. The number of methoxy groups -OCH3 is 1. The molecule has 1 amide bonds. The largest absolute Gasteiger partial charge is 0.497 e. The smallest absolute Gasteiger partial charge is 0.418 e. The van der Waals surface area contributed by atoms with Crippen LogP contribution < -0.4 is 10.2 Å². The molecule has 8 nitrogen and oxygen atoms in total. The Morgan fingerprint density at radius 2 is 1.65 bits per heavy atom. The number of sulfonamides is 1. The van der Waals surface area contributed by atoms with Gasteiger partial charge in [0.25, 0.3) is 5.91 Å². The number of benzene rings is 3. The number of carbonyl (C=O) groups excluding carboxylic acids is 1. The van der Waals surface area contributed by atoms with Gasteiger partial charge in [0, 0.05) is 23.5 Å². The third-order valence-corrected chi connectivity index (χ3v) is 8.68. The van der Waals surface area contributed by atoms with Crippen LogP contribution >= 0.6 is 0 Å². The molecule has 0 aliphatic carbocycles. The van der Waals surface area contributed by atoms with Crippen molar-refractivity contribution in [2.45, 2.75) is 31.3 Å². The van der Waals surface area contributed by atoms with Crippen LogP contribution in [0.4, 0.5) is 13.2 Å². The summed E-state index contributed by atoms with van der Waals surface area (Å²) in [7, 11) is -2.58. The molecule has 1 aromatic heterocycles. The highest BCUT2D eigenvalue weighted by atomic mass is 32.2. The first-order chi connectivity index (χ1) is 20.4. The standard InChI is InChI=1S/C31H31F3N4O4S/c1-22-19-25(23(2)38(22)29-12-8-7-11-28(29)31(32,33)34)20-35-36-30(39)21-37(18-17-24-9-5-4-6-10-24)43(40,41)27-15-13-26(42-3)14-16-27/h4-16,19-20H,17-18,21H2,1-3H3,(H,36,39)/b35-20+. The first kappa shape index (κ1) is 31.5. The number of hydrogen-bond donors (Lipinski definition) is 1. The topological polar surface area (TPSA) is 93.0 Å². The quantitative estimate of drug-likeness (QED) is 0.179. The Balaban J connectivity index is 1.52. The summed E-state index contributed by atoms with van der Waals surface area (Å²) in [6.07, 6.45) is -2.85. The number of carbonyl (C=O) groups is 1. The van der Waals surface area contributed by atoms with Crippen molar-refractivity contribution < 1.29 is 31.1 Å². The van der Waals surface area contributed by atoms with Crippen molar-refractivity contribution in [3.8, 4) is 11.4 Å². The molecule has 4 rings (SSSR count). The Hall–Kier alpha value is -4.42. The molecule has 0 aliphatic rings. The molecule has 0 spiro atoms. The second-order valence-corrected chi connectivity index (χ2v) is 11.7. The average Bonchev–Trinajstić information content (AvgIpc) is 3.27. The monoisotopic (exact) mass is 612 g/mol. The number of halogens is 3. The van der Waals surface area contributed by atoms with Crippen LogP contribution in [0, 0.1) is 13.8 Å². The maximum absolute atomic E-state index is 13.6. The number of aromatic nitrogens is 1. The SMILES string of the molecule is COc1ccc(S(=O)(=O)N(CCc2ccccc2)CC(=O)N/N=C/c2cc(C)n(-c3ccccc3C(F)(F)F)c2C)cc1. The van der Waals surface area contributed by atoms with E-state index in [9.17, 15) is 26.4 Å².